The number of carbonyl (C=O) groups excluding carboxylic acids is 1. The number of aromatic nitrogens is 2. The number of nitrogens with two attached hydrogens (primary N) is 1. The van der Waals surface area contributed by atoms with Crippen LogP contribution in [0.1, 0.15) is 20.8 Å². The fourth-order valence-electron chi connectivity index (χ4n) is 1.67. The molecule has 2 heterocycles. The Hall–Kier alpha value is -2.53. The molecule has 8 heteroatoms. The minimum Gasteiger partial charge on any atom is -0.465 e. The fourth-order valence-corrected chi connectivity index (χ4v) is 2.65. The van der Waals surface area contributed by atoms with Gasteiger partial charge in [0.1, 0.15) is 21.5 Å². The molecule has 0 aliphatic carbocycles. The van der Waals surface area contributed by atoms with Gasteiger partial charge in [-0.2, -0.15) is 10.4 Å². The monoisotopic (exact) mass is 291 g/mol. The van der Waals surface area contributed by atoms with Crippen molar-refractivity contribution in [2.45, 2.75) is 6.54 Å². The van der Waals surface area contributed by atoms with Crippen LogP contribution in [-0.4, -0.2) is 22.9 Å². The van der Waals surface area contributed by atoms with Crippen LogP contribution in [0.3, 0.4) is 0 Å². The normalized spacial score (nSPS) is 10.1. The molecular weight excluding hydrogens is 278 g/mol. The average molecular weight is 291 g/mol. The van der Waals surface area contributed by atoms with Crippen LogP contribution in [0.15, 0.2) is 12.4 Å². The third-order valence-electron chi connectivity index (χ3n) is 2.64. The molecule has 0 aliphatic rings. The van der Waals surface area contributed by atoms with Gasteiger partial charge in [0.05, 0.1) is 19.0 Å². The molecule has 20 heavy (non-hydrogen) atoms. The first-order valence-electron chi connectivity index (χ1n) is 5.69. The molecule has 2 aromatic heterocycles. The van der Waals surface area contributed by atoms with E-state index in [4.69, 9.17) is 11.0 Å². The number of thiophene rings is 1. The van der Waals surface area contributed by atoms with Gasteiger partial charge < -0.3 is 15.8 Å². The van der Waals surface area contributed by atoms with Crippen LogP contribution >= 0.6 is 11.3 Å². The van der Waals surface area contributed by atoms with Gasteiger partial charge in [-0.25, -0.2) is 4.79 Å². The van der Waals surface area contributed by atoms with Crippen molar-refractivity contribution in [2.24, 2.45) is 7.05 Å². The third-order valence-corrected chi connectivity index (χ3v) is 3.78. The first-order valence-corrected chi connectivity index (χ1v) is 6.50. The predicted octanol–water partition coefficient (Wildman–Crippen LogP) is 1.33. The molecule has 0 aliphatic heterocycles. The number of hydrogen-bond acceptors (Lipinski definition) is 7. The maximum absolute atomic E-state index is 11.6. The Morgan fingerprint density at radius 3 is 3.00 bits per heavy atom. The van der Waals surface area contributed by atoms with Crippen LogP contribution in [0, 0.1) is 11.3 Å². The summed E-state index contributed by atoms with van der Waals surface area (Å²) in [4.78, 5) is 11.8. The molecule has 0 amide bonds. The lowest BCUT2D eigenvalue weighted by atomic mass is 10.2. The van der Waals surface area contributed by atoms with E-state index in [-0.39, 0.29) is 16.1 Å². The number of rotatable bonds is 4. The predicted molar refractivity (Wildman–Crippen MR) is 75.3 cm³/mol. The number of aryl methyl sites for hydroxylation is 1. The van der Waals surface area contributed by atoms with Crippen molar-refractivity contribution in [2.75, 3.05) is 18.2 Å². The molecular formula is C12H13N5O2S. The van der Waals surface area contributed by atoms with Crippen LogP contribution in [0.5, 0.6) is 0 Å². The smallest absolute Gasteiger partial charge is 0.350 e. The molecule has 3 N–H and O–H groups in total. The van der Waals surface area contributed by atoms with Crippen molar-refractivity contribution in [1.82, 2.24) is 9.78 Å². The lowest BCUT2D eigenvalue weighted by Crippen LogP contribution is -2.02. The van der Waals surface area contributed by atoms with E-state index in [1.807, 2.05) is 19.3 Å². The quantitative estimate of drug-likeness (QED) is 0.823. The van der Waals surface area contributed by atoms with Gasteiger partial charge >= 0.3 is 5.97 Å². The van der Waals surface area contributed by atoms with Gasteiger partial charge in [-0.3, -0.25) is 4.68 Å². The topological polar surface area (TPSA) is 106 Å². The number of hydrogen-bond donors (Lipinski definition) is 2. The highest BCUT2D eigenvalue weighted by Gasteiger charge is 2.21. The number of carbonyl (C=O) groups is 1. The number of nitrogens with zero attached hydrogens (tertiary/aromatic N) is 3. The van der Waals surface area contributed by atoms with E-state index in [1.165, 1.54) is 7.11 Å². The van der Waals surface area contributed by atoms with E-state index < -0.39 is 5.97 Å². The van der Waals surface area contributed by atoms with Crippen molar-refractivity contribution in [3.05, 3.63) is 28.4 Å². The highest BCUT2D eigenvalue weighted by atomic mass is 32.1. The number of nitrogen functional groups attached to an aromatic ring is 1. The average Bonchev–Trinajstić information content (AvgIpc) is 2.99. The number of nitriles is 1. The van der Waals surface area contributed by atoms with Crippen molar-refractivity contribution in [3.63, 3.8) is 0 Å². The van der Waals surface area contributed by atoms with E-state index >= 15 is 0 Å². The molecule has 0 atom stereocenters. The van der Waals surface area contributed by atoms with Gasteiger partial charge in [0.2, 0.25) is 0 Å². The van der Waals surface area contributed by atoms with Crippen LogP contribution in [0.4, 0.5) is 10.7 Å². The first kappa shape index (κ1) is 13.9. The second-order valence-corrected chi connectivity index (χ2v) is 5.05. The van der Waals surface area contributed by atoms with Gasteiger partial charge in [0.15, 0.2) is 0 Å². The molecule has 0 aromatic carbocycles. The van der Waals surface area contributed by atoms with E-state index in [0.717, 1.165) is 16.9 Å². The summed E-state index contributed by atoms with van der Waals surface area (Å²) < 4.78 is 6.32. The summed E-state index contributed by atoms with van der Waals surface area (Å²) >= 11 is 1.11. The Morgan fingerprint density at radius 2 is 2.45 bits per heavy atom. The molecule has 0 bridgehead atoms. The van der Waals surface area contributed by atoms with Crippen molar-refractivity contribution >= 4 is 28.0 Å². The first-order chi connectivity index (χ1) is 9.56. The highest BCUT2D eigenvalue weighted by molar-refractivity contribution is 7.18. The Labute approximate surface area is 119 Å². The largest absolute Gasteiger partial charge is 0.465 e. The van der Waals surface area contributed by atoms with E-state index in [0.29, 0.717) is 11.5 Å². The highest BCUT2D eigenvalue weighted by Crippen LogP contribution is 2.35. The molecule has 2 rings (SSSR count). The fraction of sp³-hybridized carbons (Fsp3) is 0.250. The van der Waals surface area contributed by atoms with Gasteiger partial charge in [0, 0.05) is 25.4 Å². The van der Waals surface area contributed by atoms with Crippen LogP contribution in [0.2, 0.25) is 0 Å². The molecule has 0 saturated carbocycles. The number of anilines is 2. The Balaban J connectivity index is 2.23. The number of esters is 1. The van der Waals surface area contributed by atoms with E-state index in [1.54, 1.807) is 10.9 Å². The number of nitrogens with one attached hydrogen (secondary N) is 1. The summed E-state index contributed by atoms with van der Waals surface area (Å²) in [7, 11) is 3.10. The Bertz CT molecular complexity index is 683. The molecule has 0 saturated heterocycles. The molecule has 104 valence electrons. The zero-order chi connectivity index (χ0) is 14.7. The molecule has 0 spiro atoms. The Morgan fingerprint density at radius 1 is 1.70 bits per heavy atom. The summed E-state index contributed by atoms with van der Waals surface area (Å²) in [5.41, 5.74) is 7.17. The van der Waals surface area contributed by atoms with E-state index in [2.05, 4.69) is 15.2 Å². The molecule has 7 nitrogen and oxygen atoms in total. The molecule has 2 aromatic rings. The van der Waals surface area contributed by atoms with Crippen LogP contribution in [0.25, 0.3) is 0 Å². The molecule has 0 radical (unpaired) electrons. The summed E-state index contributed by atoms with van der Waals surface area (Å²) in [5, 5.41) is 16.8. The van der Waals surface area contributed by atoms with Gasteiger partial charge in [-0.1, -0.05) is 0 Å². The minimum absolute atomic E-state index is 0.151. The summed E-state index contributed by atoms with van der Waals surface area (Å²) in [6.07, 6.45) is 3.58. The number of methoxy groups -OCH3 is 1. The van der Waals surface area contributed by atoms with Crippen molar-refractivity contribution < 1.29 is 9.53 Å². The molecule has 0 unspecified atom stereocenters. The summed E-state index contributed by atoms with van der Waals surface area (Å²) in [6.45, 7) is 0.489. The zero-order valence-electron chi connectivity index (χ0n) is 11.0. The number of ether oxygens (including phenoxy) is 1. The zero-order valence-corrected chi connectivity index (χ0v) is 11.8. The van der Waals surface area contributed by atoms with Gasteiger partial charge in [-0.05, 0) is 0 Å². The van der Waals surface area contributed by atoms with Crippen LogP contribution < -0.4 is 11.1 Å². The van der Waals surface area contributed by atoms with Gasteiger partial charge in [-0.15, -0.1) is 11.3 Å². The van der Waals surface area contributed by atoms with Crippen molar-refractivity contribution in [3.8, 4) is 6.07 Å². The maximum atomic E-state index is 11.6. The summed E-state index contributed by atoms with van der Waals surface area (Å²) in [5.74, 6) is -0.543. The van der Waals surface area contributed by atoms with Gasteiger partial charge in [0.25, 0.3) is 0 Å². The minimum atomic E-state index is -0.543. The second kappa shape index (κ2) is 5.63. The maximum Gasteiger partial charge on any atom is 0.350 e. The second-order valence-electron chi connectivity index (χ2n) is 4.03. The molecule has 0 fully saturated rings. The SMILES string of the molecule is COC(=O)c1sc(NCc2cnn(C)c2)c(C#N)c1N. The van der Waals surface area contributed by atoms with Crippen molar-refractivity contribution in [1.29, 1.82) is 5.26 Å². The Kier molecular flexibility index (Phi) is 3.91. The third kappa shape index (κ3) is 2.57. The lowest BCUT2D eigenvalue weighted by Gasteiger charge is -2.01. The standard InChI is InChI=1S/C12H13N5O2S/c1-17-6-7(5-16-17)4-15-11-8(3-13)9(14)10(20-11)12(18)19-2/h5-6,15H,4,14H2,1-2H3. The summed E-state index contributed by atoms with van der Waals surface area (Å²) in [6, 6.07) is 2.00. The lowest BCUT2D eigenvalue weighted by molar-refractivity contribution is 0.0607. The van der Waals surface area contributed by atoms with Crippen LogP contribution in [-0.2, 0) is 18.3 Å². The van der Waals surface area contributed by atoms with E-state index in [9.17, 15) is 4.79 Å².